The number of nitrogens with one attached hydrogen (secondary N) is 3. The maximum absolute atomic E-state index is 12.1. The van der Waals surface area contributed by atoms with E-state index in [9.17, 15) is 34.5 Å². The smallest absolute Gasteiger partial charge is 0.326 e. The quantitative estimate of drug-likeness (QED) is 0.197. The van der Waals surface area contributed by atoms with Gasteiger partial charge in [0.2, 0.25) is 11.8 Å². The summed E-state index contributed by atoms with van der Waals surface area (Å²) in [6.45, 7) is -1.00. The number of carboxylic acid groups (broad SMARTS) is 1. The molecular formula is C23H28N4O7. The molecule has 0 radical (unpaired) electrons. The number of aliphatic hydroxyl groups is 1. The molecule has 0 unspecified atom stereocenters. The summed E-state index contributed by atoms with van der Waals surface area (Å²) in [7, 11) is 0. The Balaban J connectivity index is 1.72. The average Bonchev–Trinajstić information content (AvgIpc) is 2.82. The highest BCUT2D eigenvalue weighted by Crippen LogP contribution is 2.11. The normalized spacial score (nSPS) is 13.2. The van der Waals surface area contributed by atoms with Crippen LogP contribution in [-0.2, 0) is 32.0 Å². The molecule has 3 amide bonds. The molecule has 0 fully saturated rings. The Kier molecular flexibility index (Phi) is 9.99. The number of benzene rings is 2. The van der Waals surface area contributed by atoms with E-state index in [0.717, 1.165) is 5.56 Å². The number of phenolic OH excluding ortho intramolecular Hbond substituents is 1. The number of carbonyl (C=O) groups excluding carboxylic acids is 3. The Bertz CT molecular complexity index is 983. The number of aliphatic carboxylic acids is 1. The number of carbonyl (C=O) groups is 4. The van der Waals surface area contributed by atoms with Gasteiger partial charge >= 0.3 is 5.97 Å². The summed E-state index contributed by atoms with van der Waals surface area (Å²) in [5.74, 6) is -3.42. The lowest BCUT2D eigenvalue weighted by Gasteiger charge is -2.18. The molecule has 0 aliphatic heterocycles. The number of aromatic hydroxyl groups is 1. The van der Waals surface area contributed by atoms with E-state index in [1.165, 1.54) is 12.1 Å². The Morgan fingerprint density at radius 1 is 0.824 bits per heavy atom. The van der Waals surface area contributed by atoms with E-state index in [4.69, 9.17) is 5.73 Å². The van der Waals surface area contributed by atoms with Crippen molar-refractivity contribution in [2.45, 2.75) is 31.0 Å². The Morgan fingerprint density at radius 2 is 1.41 bits per heavy atom. The molecule has 2 aromatic rings. The fourth-order valence-corrected chi connectivity index (χ4v) is 3.02. The van der Waals surface area contributed by atoms with E-state index in [1.54, 1.807) is 42.5 Å². The van der Waals surface area contributed by atoms with Gasteiger partial charge in [0.05, 0.1) is 13.1 Å². The number of hydrogen-bond acceptors (Lipinski definition) is 7. The van der Waals surface area contributed by atoms with Gasteiger partial charge in [0.25, 0.3) is 5.91 Å². The third-order valence-corrected chi connectivity index (χ3v) is 4.87. The van der Waals surface area contributed by atoms with Gasteiger partial charge < -0.3 is 37.0 Å². The first-order valence-electron chi connectivity index (χ1n) is 10.5. The van der Waals surface area contributed by atoms with Crippen LogP contribution >= 0.6 is 0 Å². The van der Waals surface area contributed by atoms with Crippen LogP contribution < -0.4 is 21.7 Å². The number of hydrogen-bond donors (Lipinski definition) is 7. The minimum absolute atomic E-state index is 0.0741. The fraction of sp³-hybridized carbons (Fsp3) is 0.304. The lowest BCUT2D eigenvalue weighted by atomic mass is 10.0. The zero-order valence-corrected chi connectivity index (χ0v) is 18.3. The van der Waals surface area contributed by atoms with Crippen LogP contribution in [0.15, 0.2) is 54.6 Å². The summed E-state index contributed by atoms with van der Waals surface area (Å²) in [5, 5.41) is 35.5. The number of aliphatic hydroxyl groups excluding tert-OH is 1. The second-order valence-corrected chi connectivity index (χ2v) is 7.62. The van der Waals surface area contributed by atoms with E-state index < -0.39 is 55.0 Å². The third kappa shape index (κ3) is 8.88. The average molecular weight is 472 g/mol. The molecule has 3 atom stereocenters. The number of phenols is 1. The van der Waals surface area contributed by atoms with Crippen molar-refractivity contribution in [3.63, 3.8) is 0 Å². The van der Waals surface area contributed by atoms with Crippen LogP contribution in [0.5, 0.6) is 5.75 Å². The van der Waals surface area contributed by atoms with E-state index in [1.807, 2.05) is 0 Å². The molecule has 0 aliphatic rings. The zero-order valence-electron chi connectivity index (χ0n) is 18.3. The molecular weight excluding hydrogens is 444 g/mol. The Hall–Kier alpha value is -3.96. The summed E-state index contributed by atoms with van der Waals surface area (Å²) >= 11 is 0. The Labute approximate surface area is 196 Å². The molecule has 34 heavy (non-hydrogen) atoms. The van der Waals surface area contributed by atoms with Gasteiger partial charge in [0, 0.05) is 12.5 Å². The topological polar surface area (TPSA) is 191 Å². The van der Waals surface area contributed by atoms with E-state index >= 15 is 0 Å². The van der Waals surface area contributed by atoms with Crippen molar-refractivity contribution in [2.75, 3.05) is 13.1 Å². The summed E-state index contributed by atoms with van der Waals surface area (Å²) in [4.78, 5) is 47.4. The summed E-state index contributed by atoms with van der Waals surface area (Å²) in [6, 6.07) is 12.8. The van der Waals surface area contributed by atoms with Crippen molar-refractivity contribution in [1.29, 1.82) is 0 Å². The molecule has 11 nitrogen and oxygen atoms in total. The lowest BCUT2D eigenvalue weighted by Crippen LogP contribution is -2.50. The maximum Gasteiger partial charge on any atom is 0.326 e. The molecule has 0 bridgehead atoms. The molecule has 2 rings (SSSR count). The van der Waals surface area contributed by atoms with Crippen molar-refractivity contribution >= 4 is 23.7 Å². The zero-order chi connectivity index (χ0) is 25.1. The van der Waals surface area contributed by atoms with Gasteiger partial charge in [-0.05, 0) is 29.7 Å². The van der Waals surface area contributed by atoms with Crippen LogP contribution in [0.2, 0.25) is 0 Å². The van der Waals surface area contributed by atoms with Crippen molar-refractivity contribution in [3.8, 4) is 5.75 Å². The van der Waals surface area contributed by atoms with Crippen LogP contribution in [0.3, 0.4) is 0 Å². The minimum Gasteiger partial charge on any atom is -0.508 e. The van der Waals surface area contributed by atoms with E-state index in [-0.39, 0.29) is 18.6 Å². The van der Waals surface area contributed by atoms with Crippen LogP contribution in [-0.4, -0.2) is 70.3 Å². The van der Waals surface area contributed by atoms with E-state index in [0.29, 0.717) is 5.56 Å². The first-order valence-corrected chi connectivity index (χ1v) is 10.5. The van der Waals surface area contributed by atoms with Crippen LogP contribution in [0.1, 0.15) is 11.1 Å². The fourth-order valence-electron chi connectivity index (χ4n) is 3.02. The molecule has 0 aromatic heterocycles. The predicted octanol–water partition coefficient (Wildman–Crippen LogP) is -1.33. The highest BCUT2D eigenvalue weighted by atomic mass is 16.4. The second kappa shape index (κ2) is 12.9. The van der Waals surface area contributed by atoms with Crippen molar-refractivity contribution < 1.29 is 34.5 Å². The molecule has 0 heterocycles. The van der Waals surface area contributed by atoms with Gasteiger partial charge in [-0.1, -0.05) is 42.5 Å². The van der Waals surface area contributed by atoms with Gasteiger partial charge in [0.1, 0.15) is 17.9 Å². The molecule has 0 saturated carbocycles. The number of rotatable bonds is 12. The second-order valence-electron chi connectivity index (χ2n) is 7.62. The van der Waals surface area contributed by atoms with Gasteiger partial charge in [-0.3, -0.25) is 14.4 Å². The van der Waals surface area contributed by atoms with Crippen molar-refractivity contribution in [2.24, 2.45) is 5.73 Å². The predicted molar refractivity (Wildman–Crippen MR) is 122 cm³/mol. The van der Waals surface area contributed by atoms with E-state index in [2.05, 4.69) is 16.0 Å². The highest BCUT2D eigenvalue weighted by molar-refractivity contribution is 5.90. The summed E-state index contributed by atoms with van der Waals surface area (Å²) in [5.41, 5.74) is 7.27. The van der Waals surface area contributed by atoms with Gasteiger partial charge in [-0.15, -0.1) is 0 Å². The van der Waals surface area contributed by atoms with Gasteiger partial charge in [-0.2, -0.15) is 0 Å². The first kappa shape index (κ1) is 26.3. The number of nitrogens with two attached hydrogens (primary N) is 1. The first-order chi connectivity index (χ1) is 16.2. The van der Waals surface area contributed by atoms with Crippen LogP contribution in [0.4, 0.5) is 0 Å². The SMILES string of the molecule is N[C@H](Cc1ccc(O)cc1)[C@H](O)C(=O)NCC(=O)NCC(=O)N[C@@H](Cc1ccccc1)C(=O)O. The van der Waals surface area contributed by atoms with Gasteiger partial charge in [-0.25, -0.2) is 4.79 Å². The largest absolute Gasteiger partial charge is 0.508 e. The van der Waals surface area contributed by atoms with Crippen molar-refractivity contribution in [1.82, 2.24) is 16.0 Å². The highest BCUT2D eigenvalue weighted by Gasteiger charge is 2.24. The molecule has 2 aromatic carbocycles. The van der Waals surface area contributed by atoms with Crippen molar-refractivity contribution in [3.05, 3.63) is 65.7 Å². The van der Waals surface area contributed by atoms with Crippen LogP contribution in [0.25, 0.3) is 0 Å². The number of amides is 3. The third-order valence-electron chi connectivity index (χ3n) is 4.87. The Morgan fingerprint density at radius 3 is 2.03 bits per heavy atom. The standard InChI is InChI=1S/C23H28N4O7/c24-17(10-15-6-8-16(28)9-7-15)21(31)22(32)26-12-19(29)25-13-20(30)27-18(23(33)34)11-14-4-2-1-3-5-14/h1-9,17-18,21,28,31H,10-13,24H2,(H,25,29)(H,26,32)(H,27,30)(H,33,34)/t17-,18+,21+/m1/s1. The lowest BCUT2D eigenvalue weighted by molar-refractivity contribution is -0.141. The molecule has 11 heteroatoms. The summed E-state index contributed by atoms with van der Waals surface area (Å²) in [6.07, 6.45) is -1.34. The van der Waals surface area contributed by atoms with Crippen LogP contribution in [0, 0.1) is 0 Å². The summed E-state index contributed by atoms with van der Waals surface area (Å²) < 4.78 is 0. The molecule has 0 saturated heterocycles. The van der Waals surface area contributed by atoms with Gasteiger partial charge in [0.15, 0.2) is 0 Å². The number of carboxylic acids is 1. The molecule has 0 aliphatic carbocycles. The monoisotopic (exact) mass is 472 g/mol. The molecule has 8 N–H and O–H groups in total. The molecule has 182 valence electrons. The molecule has 0 spiro atoms. The minimum atomic E-state index is -1.58. The maximum atomic E-state index is 12.1.